The number of aromatic hydroxyl groups is 1. The van der Waals surface area contributed by atoms with Gasteiger partial charge in [-0.3, -0.25) is 4.57 Å². The van der Waals surface area contributed by atoms with Crippen LogP contribution in [-0.4, -0.2) is 28.3 Å². The number of rotatable bonds is 7. The molecule has 0 aliphatic carbocycles. The number of nitrogens with one attached hydrogen (secondary N) is 1. The van der Waals surface area contributed by atoms with Gasteiger partial charge in [0.05, 0.1) is 21.0 Å². The van der Waals surface area contributed by atoms with Gasteiger partial charge in [-0.05, 0) is 44.2 Å². The summed E-state index contributed by atoms with van der Waals surface area (Å²) in [5.74, 6) is 0.794. The summed E-state index contributed by atoms with van der Waals surface area (Å²) >= 11 is 11.8. The van der Waals surface area contributed by atoms with Crippen LogP contribution in [0.5, 0.6) is 17.5 Å². The van der Waals surface area contributed by atoms with E-state index in [1.807, 2.05) is 6.92 Å². The second kappa shape index (κ2) is 8.58. The fourth-order valence-electron chi connectivity index (χ4n) is 2.64. The quantitative estimate of drug-likeness (QED) is 0.552. The molecule has 8 nitrogen and oxygen atoms in total. The molecule has 0 bridgehead atoms. The Kier molecular flexibility index (Phi) is 6.33. The van der Waals surface area contributed by atoms with E-state index in [9.17, 15) is 13.5 Å². The van der Waals surface area contributed by atoms with Crippen LogP contribution in [0.2, 0.25) is 10.0 Å². The number of ether oxygens (including phenoxy) is 1. The Bertz CT molecular complexity index is 1130. The van der Waals surface area contributed by atoms with Gasteiger partial charge >= 0.3 is 6.01 Å². The molecular weight excluding hydrogens is 439 g/mol. The van der Waals surface area contributed by atoms with Crippen molar-refractivity contribution >= 4 is 33.2 Å². The molecule has 0 aliphatic rings. The standard InChI is InChI=1S/C18H18Cl2N4O4S/c1-3-24-17(21-22-18(24)28-13-6-4-5-12(25)9-13)11(2)23-29(26,27)14-7-8-15(19)16(20)10-14/h4-11,23,25H,3H2,1-2H3/t11-/m1/s1. The molecule has 0 fully saturated rings. The van der Waals surface area contributed by atoms with Gasteiger partial charge in [-0.1, -0.05) is 34.4 Å². The van der Waals surface area contributed by atoms with E-state index in [1.54, 1.807) is 23.6 Å². The highest BCUT2D eigenvalue weighted by Gasteiger charge is 2.24. The summed E-state index contributed by atoms with van der Waals surface area (Å²) in [6, 6.07) is 9.77. The molecule has 2 N–H and O–H groups in total. The number of nitrogens with zero attached hydrogens (tertiary/aromatic N) is 3. The first kappa shape index (κ1) is 21.4. The normalized spacial score (nSPS) is 12.7. The summed E-state index contributed by atoms with van der Waals surface area (Å²) in [6.07, 6.45) is 0. The first-order chi connectivity index (χ1) is 13.7. The minimum absolute atomic E-state index is 0.0162. The minimum atomic E-state index is -3.88. The number of aromatic nitrogens is 3. The average Bonchev–Trinajstić information content (AvgIpc) is 3.06. The third kappa shape index (κ3) is 4.81. The largest absolute Gasteiger partial charge is 0.508 e. The van der Waals surface area contributed by atoms with Crippen molar-refractivity contribution in [2.75, 3.05) is 0 Å². The maximum absolute atomic E-state index is 12.7. The predicted molar refractivity (Wildman–Crippen MR) is 109 cm³/mol. The van der Waals surface area contributed by atoms with Crippen LogP contribution < -0.4 is 9.46 Å². The van der Waals surface area contributed by atoms with Gasteiger partial charge in [-0.2, -0.15) is 0 Å². The Morgan fingerprint density at radius 1 is 1.17 bits per heavy atom. The van der Waals surface area contributed by atoms with Crippen LogP contribution in [0.3, 0.4) is 0 Å². The maximum Gasteiger partial charge on any atom is 0.322 e. The maximum atomic E-state index is 12.7. The van der Waals surface area contributed by atoms with Gasteiger partial charge < -0.3 is 9.84 Å². The summed E-state index contributed by atoms with van der Waals surface area (Å²) in [5.41, 5.74) is 0. The van der Waals surface area contributed by atoms with Gasteiger partial charge in [0.25, 0.3) is 0 Å². The SMILES string of the molecule is CCn1c(Oc2cccc(O)c2)nnc1[C@@H](C)NS(=O)(=O)c1ccc(Cl)c(Cl)c1. The molecule has 29 heavy (non-hydrogen) atoms. The van der Waals surface area contributed by atoms with Crippen LogP contribution in [0.1, 0.15) is 25.7 Å². The summed E-state index contributed by atoms with van der Waals surface area (Å²) in [6.45, 7) is 3.93. The zero-order chi connectivity index (χ0) is 21.2. The lowest BCUT2D eigenvalue weighted by Gasteiger charge is -2.15. The second-order valence-corrected chi connectivity index (χ2v) is 8.63. The number of phenols is 1. The van der Waals surface area contributed by atoms with E-state index in [2.05, 4.69) is 14.9 Å². The van der Waals surface area contributed by atoms with Crippen LogP contribution in [0.25, 0.3) is 0 Å². The molecular formula is C18H18Cl2N4O4S. The molecule has 3 rings (SSSR count). The van der Waals surface area contributed by atoms with Gasteiger partial charge in [0.1, 0.15) is 11.5 Å². The molecule has 0 aliphatic heterocycles. The molecule has 0 saturated carbocycles. The van der Waals surface area contributed by atoms with Crippen molar-refractivity contribution < 1.29 is 18.3 Å². The second-order valence-electron chi connectivity index (χ2n) is 6.10. The van der Waals surface area contributed by atoms with Crippen molar-refractivity contribution in [3.8, 4) is 17.5 Å². The van der Waals surface area contributed by atoms with Crippen molar-refractivity contribution in [1.29, 1.82) is 0 Å². The molecule has 1 aromatic heterocycles. The van der Waals surface area contributed by atoms with Crippen molar-refractivity contribution in [2.45, 2.75) is 31.3 Å². The summed E-state index contributed by atoms with van der Waals surface area (Å²) in [7, 11) is -3.88. The van der Waals surface area contributed by atoms with E-state index in [0.717, 1.165) is 0 Å². The highest BCUT2D eigenvalue weighted by Crippen LogP contribution is 2.27. The molecule has 154 valence electrons. The number of hydrogen-bond donors (Lipinski definition) is 2. The average molecular weight is 457 g/mol. The molecule has 1 atom stereocenters. The Morgan fingerprint density at radius 3 is 2.59 bits per heavy atom. The van der Waals surface area contributed by atoms with Crippen LogP contribution in [0.15, 0.2) is 47.4 Å². The minimum Gasteiger partial charge on any atom is -0.508 e. The predicted octanol–water partition coefficient (Wildman–Crippen LogP) is 4.14. The summed E-state index contributed by atoms with van der Waals surface area (Å²) in [4.78, 5) is -0.0162. The molecule has 0 spiro atoms. The van der Waals surface area contributed by atoms with E-state index in [-0.39, 0.29) is 26.7 Å². The van der Waals surface area contributed by atoms with Crippen molar-refractivity contribution in [1.82, 2.24) is 19.5 Å². The Labute approximate surface area is 178 Å². The molecule has 2 aromatic carbocycles. The lowest BCUT2D eigenvalue weighted by molar-refractivity contribution is 0.402. The fraction of sp³-hybridized carbons (Fsp3) is 0.222. The lowest BCUT2D eigenvalue weighted by atomic mass is 10.3. The topological polar surface area (TPSA) is 106 Å². The molecule has 11 heteroatoms. The molecule has 0 amide bonds. The number of halogens is 2. The number of benzene rings is 2. The third-order valence-electron chi connectivity index (χ3n) is 4.01. The van der Waals surface area contributed by atoms with Crippen LogP contribution in [0, 0.1) is 0 Å². The molecule has 0 radical (unpaired) electrons. The van der Waals surface area contributed by atoms with Crippen molar-refractivity contribution in [2.24, 2.45) is 0 Å². The first-order valence-electron chi connectivity index (χ1n) is 8.58. The van der Waals surface area contributed by atoms with E-state index < -0.39 is 16.1 Å². The number of phenolic OH excluding ortho intramolecular Hbond substituents is 1. The zero-order valence-corrected chi connectivity index (χ0v) is 17.8. The lowest BCUT2D eigenvalue weighted by Crippen LogP contribution is -2.29. The number of hydrogen-bond acceptors (Lipinski definition) is 6. The van der Waals surface area contributed by atoms with E-state index in [1.165, 1.54) is 30.3 Å². The van der Waals surface area contributed by atoms with Gasteiger partial charge in [0, 0.05) is 12.6 Å². The van der Waals surface area contributed by atoms with Gasteiger partial charge in [-0.25, -0.2) is 13.1 Å². The molecule has 0 unspecified atom stereocenters. The fourth-order valence-corrected chi connectivity index (χ4v) is 4.23. The summed E-state index contributed by atoms with van der Waals surface area (Å²) < 4.78 is 35.2. The monoisotopic (exact) mass is 456 g/mol. The van der Waals surface area contributed by atoms with Crippen LogP contribution in [-0.2, 0) is 16.6 Å². The molecule has 0 saturated heterocycles. The van der Waals surface area contributed by atoms with Crippen molar-refractivity contribution in [3.05, 3.63) is 58.3 Å². The van der Waals surface area contributed by atoms with Crippen LogP contribution in [0.4, 0.5) is 0 Å². The highest BCUT2D eigenvalue weighted by molar-refractivity contribution is 7.89. The van der Waals surface area contributed by atoms with E-state index in [4.69, 9.17) is 27.9 Å². The van der Waals surface area contributed by atoms with Crippen LogP contribution >= 0.6 is 23.2 Å². The van der Waals surface area contributed by atoms with Gasteiger partial charge in [-0.15, -0.1) is 5.10 Å². The molecule has 1 heterocycles. The Balaban J connectivity index is 1.84. The smallest absolute Gasteiger partial charge is 0.322 e. The number of sulfonamides is 1. The van der Waals surface area contributed by atoms with Crippen molar-refractivity contribution in [3.63, 3.8) is 0 Å². The third-order valence-corrected chi connectivity index (χ3v) is 6.29. The van der Waals surface area contributed by atoms with E-state index in [0.29, 0.717) is 18.1 Å². The first-order valence-corrected chi connectivity index (χ1v) is 10.8. The summed E-state index contributed by atoms with van der Waals surface area (Å²) in [5, 5.41) is 18.0. The highest BCUT2D eigenvalue weighted by atomic mass is 35.5. The van der Waals surface area contributed by atoms with E-state index >= 15 is 0 Å². The van der Waals surface area contributed by atoms with Gasteiger partial charge in [0.2, 0.25) is 10.0 Å². The Hall–Kier alpha value is -2.33. The van der Waals surface area contributed by atoms with Gasteiger partial charge in [0.15, 0.2) is 5.82 Å². The molecule has 3 aromatic rings. The Morgan fingerprint density at radius 2 is 1.93 bits per heavy atom. The zero-order valence-electron chi connectivity index (χ0n) is 15.5.